The lowest BCUT2D eigenvalue weighted by Crippen LogP contribution is -2.25. The fraction of sp³-hybridized carbons (Fsp3) is 0.286. The number of nitrogens with one attached hydrogen (secondary N) is 1. The monoisotopic (exact) mass is 182 g/mol. The molecule has 1 aromatic rings. The smallest absolute Gasteiger partial charge is 0.318 e. The first-order valence-electron chi connectivity index (χ1n) is 3.77. The maximum atomic E-state index is 10.8. The second-order valence-electron chi connectivity index (χ2n) is 2.36. The number of nitrogens with zero attached hydrogens (tertiary/aromatic N) is 2. The third kappa shape index (κ3) is 2.29. The molecule has 0 saturated heterocycles. The number of primary amides is 1. The number of carbonyl (C=O) groups excluding carboxylic acids is 1. The molecule has 1 rings (SSSR count). The standard InChI is InChI=1S/C7H10N4O2/c1-2-11-4-3-5(12)9-7(11)10-6(8)13/h3-4H,2H2,1H3,(H3,8,9,10,12,13). The van der Waals surface area contributed by atoms with Gasteiger partial charge in [-0.2, -0.15) is 4.98 Å². The van der Waals surface area contributed by atoms with Gasteiger partial charge in [0.25, 0.3) is 5.56 Å². The molecule has 0 spiro atoms. The van der Waals surface area contributed by atoms with Gasteiger partial charge in [-0.1, -0.05) is 0 Å². The van der Waals surface area contributed by atoms with Crippen LogP contribution < -0.4 is 16.6 Å². The number of urea groups is 1. The molecule has 0 aliphatic rings. The van der Waals surface area contributed by atoms with Gasteiger partial charge >= 0.3 is 6.03 Å². The molecular formula is C7H10N4O2. The zero-order chi connectivity index (χ0) is 9.84. The second-order valence-corrected chi connectivity index (χ2v) is 2.36. The molecule has 6 nitrogen and oxygen atoms in total. The summed E-state index contributed by atoms with van der Waals surface area (Å²) in [6, 6.07) is 0.579. The predicted molar refractivity (Wildman–Crippen MR) is 47.4 cm³/mol. The number of rotatable bonds is 2. The first kappa shape index (κ1) is 9.24. The third-order valence-electron chi connectivity index (χ3n) is 1.46. The Bertz CT molecular complexity index is 371. The highest BCUT2D eigenvalue weighted by Crippen LogP contribution is 1.98. The average Bonchev–Trinajstić information content (AvgIpc) is 2.03. The van der Waals surface area contributed by atoms with Gasteiger partial charge in [0, 0.05) is 18.8 Å². The van der Waals surface area contributed by atoms with E-state index >= 15 is 0 Å². The normalized spacial score (nSPS) is 9.62. The molecule has 1 heterocycles. The van der Waals surface area contributed by atoms with Gasteiger partial charge in [0.05, 0.1) is 0 Å². The molecule has 6 heteroatoms. The van der Waals surface area contributed by atoms with Crippen LogP contribution in [0.15, 0.2) is 17.1 Å². The summed E-state index contributed by atoms with van der Waals surface area (Å²) in [5, 5.41) is 2.26. The minimum Gasteiger partial charge on any atom is -0.351 e. The highest BCUT2D eigenvalue weighted by atomic mass is 16.2. The Balaban J connectivity index is 3.08. The SMILES string of the molecule is CCn1ccc(=O)nc1NC(N)=O. The Labute approximate surface area is 74.4 Å². The molecule has 3 N–H and O–H groups in total. The number of aryl methyl sites for hydroxylation is 1. The number of anilines is 1. The van der Waals surface area contributed by atoms with Gasteiger partial charge < -0.3 is 10.3 Å². The summed E-state index contributed by atoms with van der Waals surface area (Å²) < 4.78 is 1.60. The summed E-state index contributed by atoms with van der Waals surface area (Å²) in [6.45, 7) is 2.46. The van der Waals surface area contributed by atoms with Crippen molar-refractivity contribution < 1.29 is 4.79 Å². The van der Waals surface area contributed by atoms with Gasteiger partial charge in [-0.15, -0.1) is 0 Å². The molecule has 0 atom stereocenters. The van der Waals surface area contributed by atoms with Crippen molar-refractivity contribution in [2.24, 2.45) is 5.73 Å². The third-order valence-corrected chi connectivity index (χ3v) is 1.46. The fourth-order valence-electron chi connectivity index (χ4n) is 0.895. The zero-order valence-corrected chi connectivity index (χ0v) is 7.15. The lowest BCUT2D eigenvalue weighted by Gasteiger charge is -2.08. The van der Waals surface area contributed by atoms with Crippen LogP contribution in [-0.2, 0) is 6.54 Å². The molecule has 0 fully saturated rings. The Morgan fingerprint density at radius 3 is 3.00 bits per heavy atom. The van der Waals surface area contributed by atoms with Crippen LogP contribution in [0.4, 0.5) is 10.7 Å². The Morgan fingerprint density at radius 2 is 2.46 bits per heavy atom. The molecule has 13 heavy (non-hydrogen) atoms. The van der Waals surface area contributed by atoms with E-state index < -0.39 is 11.6 Å². The van der Waals surface area contributed by atoms with E-state index in [0.717, 1.165) is 0 Å². The predicted octanol–water partition coefficient (Wildman–Crippen LogP) is -0.246. The van der Waals surface area contributed by atoms with E-state index in [0.29, 0.717) is 6.54 Å². The quantitative estimate of drug-likeness (QED) is 0.661. The largest absolute Gasteiger partial charge is 0.351 e. The van der Waals surface area contributed by atoms with Crippen molar-refractivity contribution in [1.29, 1.82) is 0 Å². The molecule has 0 aromatic carbocycles. The number of amides is 2. The second kappa shape index (κ2) is 3.70. The molecule has 1 aromatic heterocycles. The number of hydrogen-bond acceptors (Lipinski definition) is 3. The maximum absolute atomic E-state index is 10.8. The van der Waals surface area contributed by atoms with Crippen molar-refractivity contribution in [1.82, 2.24) is 9.55 Å². The topological polar surface area (TPSA) is 90.0 Å². The van der Waals surface area contributed by atoms with Crippen molar-refractivity contribution in [3.8, 4) is 0 Å². The average molecular weight is 182 g/mol. The highest BCUT2D eigenvalue weighted by Gasteiger charge is 2.02. The lowest BCUT2D eigenvalue weighted by molar-refractivity contribution is 0.259. The molecule has 70 valence electrons. The van der Waals surface area contributed by atoms with Gasteiger partial charge in [0.1, 0.15) is 0 Å². The van der Waals surface area contributed by atoms with Crippen LogP contribution in [0.25, 0.3) is 0 Å². The van der Waals surface area contributed by atoms with E-state index in [1.165, 1.54) is 6.07 Å². The van der Waals surface area contributed by atoms with Gasteiger partial charge in [-0.3, -0.25) is 10.1 Å². The number of hydrogen-bond donors (Lipinski definition) is 2. The molecule has 0 saturated carbocycles. The first-order chi connectivity index (χ1) is 6.13. The first-order valence-corrected chi connectivity index (χ1v) is 3.77. The van der Waals surface area contributed by atoms with E-state index in [2.05, 4.69) is 10.3 Å². The van der Waals surface area contributed by atoms with Crippen LogP contribution in [-0.4, -0.2) is 15.6 Å². The van der Waals surface area contributed by atoms with E-state index in [1.54, 1.807) is 10.8 Å². The zero-order valence-electron chi connectivity index (χ0n) is 7.15. The molecular weight excluding hydrogens is 172 g/mol. The summed E-state index contributed by atoms with van der Waals surface area (Å²) >= 11 is 0. The number of carbonyl (C=O) groups is 1. The van der Waals surface area contributed by atoms with Gasteiger partial charge in [0.15, 0.2) is 0 Å². The van der Waals surface area contributed by atoms with Crippen LogP contribution in [0.1, 0.15) is 6.92 Å². The van der Waals surface area contributed by atoms with Crippen molar-refractivity contribution in [2.75, 3.05) is 5.32 Å². The minimum absolute atomic E-state index is 0.169. The molecule has 0 aliphatic carbocycles. The summed E-state index contributed by atoms with van der Waals surface area (Å²) in [7, 11) is 0. The molecule has 2 amide bonds. The van der Waals surface area contributed by atoms with Crippen LogP contribution in [0.3, 0.4) is 0 Å². The van der Waals surface area contributed by atoms with Gasteiger partial charge in [0.2, 0.25) is 5.95 Å². The van der Waals surface area contributed by atoms with E-state index in [4.69, 9.17) is 5.73 Å². The highest BCUT2D eigenvalue weighted by molar-refractivity contribution is 5.85. The van der Waals surface area contributed by atoms with E-state index in [1.807, 2.05) is 6.92 Å². The van der Waals surface area contributed by atoms with Crippen LogP contribution in [0, 0.1) is 0 Å². The lowest BCUT2D eigenvalue weighted by atomic mass is 10.6. The van der Waals surface area contributed by atoms with E-state index in [-0.39, 0.29) is 5.95 Å². The summed E-state index contributed by atoms with van der Waals surface area (Å²) in [5.41, 5.74) is 4.48. The Kier molecular flexibility index (Phi) is 2.63. The van der Waals surface area contributed by atoms with Gasteiger partial charge in [-0.25, -0.2) is 4.79 Å². The summed E-state index contributed by atoms with van der Waals surface area (Å²) in [6.07, 6.45) is 1.54. The van der Waals surface area contributed by atoms with Gasteiger partial charge in [-0.05, 0) is 6.92 Å². The summed E-state index contributed by atoms with van der Waals surface area (Å²) in [4.78, 5) is 24.9. The van der Waals surface area contributed by atoms with Crippen molar-refractivity contribution in [3.63, 3.8) is 0 Å². The molecule has 0 aliphatic heterocycles. The summed E-state index contributed by atoms with van der Waals surface area (Å²) in [5.74, 6) is 0.169. The molecule has 0 unspecified atom stereocenters. The maximum Gasteiger partial charge on any atom is 0.318 e. The van der Waals surface area contributed by atoms with Crippen LogP contribution in [0.5, 0.6) is 0 Å². The Hall–Kier alpha value is -1.85. The van der Waals surface area contributed by atoms with Crippen LogP contribution >= 0.6 is 0 Å². The van der Waals surface area contributed by atoms with Crippen LogP contribution in [0.2, 0.25) is 0 Å². The van der Waals surface area contributed by atoms with E-state index in [9.17, 15) is 9.59 Å². The fourth-order valence-corrected chi connectivity index (χ4v) is 0.895. The number of aromatic nitrogens is 2. The molecule has 0 radical (unpaired) electrons. The Morgan fingerprint density at radius 1 is 1.77 bits per heavy atom. The minimum atomic E-state index is -0.736. The van der Waals surface area contributed by atoms with Crippen molar-refractivity contribution in [2.45, 2.75) is 13.5 Å². The van der Waals surface area contributed by atoms with Crippen molar-refractivity contribution in [3.05, 3.63) is 22.6 Å². The van der Waals surface area contributed by atoms with Crippen molar-refractivity contribution >= 4 is 12.0 Å². The molecule has 0 bridgehead atoms. The number of nitrogens with two attached hydrogens (primary N) is 1.